The smallest absolute Gasteiger partial charge is 0.269 e. The van der Waals surface area contributed by atoms with E-state index in [1.54, 1.807) is 0 Å². The summed E-state index contributed by atoms with van der Waals surface area (Å²) in [7, 11) is -4.07. The number of carbonyl (C=O) groups is 1. The molecule has 9 nitrogen and oxygen atoms in total. The van der Waals surface area contributed by atoms with Gasteiger partial charge in [-0.3, -0.25) is 14.9 Å². The van der Waals surface area contributed by atoms with E-state index in [2.05, 4.69) is 5.32 Å². The summed E-state index contributed by atoms with van der Waals surface area (Å²) < 4.78 is 28.4. The van der Waals surface area contributed by atoms with E-state index < -0.39 is 32.5 Å². The van der Waals surface area contributed by atoms with E-state index >= 15 is 0 Å². The van der Waals surface area contributed by atoms with Crippen molar-refractivity contribution in [2.75, 3.05) is 13.1 Å². The Morgan fingerprint density at radius 2 is 1.67 bits per heavy atom. The highest BCUT2D eigenvalue weighted by molar-refractivity contribution is 7.89. The Bertz CT molecular complexity index is 1200. The van der Waals surface area contributed by atoms with Crippen LogP contribution in [0.25, 0.3) is 0 Å². The van der Waals surface area contributed by atoms with Gasteiger partial charge in [-0.25, -0.2) is 8.42 Å². The molecule has 1 amide bonds. The van der Waals surface area contributed by atoms with E-state index in [1.807, 2.05) is 51.1 Å². The van der Waals surface area contributed by atoms with Gasteiger partial charge in [-0.1, -0.05) is 70.4 Å². The molecular weight excluding hydrogens is 518 g/mol. The minimum atomic E-state index is -4.07. The van der Waals surface area contributed by atoms with Crippen LogP contribution < -0.4 is 5.32 Å². The Balaban J connectivity index is 1.89. The average Bonchev–Trinajstić information content (AvgIpc) is 2.92. The number of non-ortho nitro benzene ring substituents is 1. The Kier molecular flexibility index (Phi) is 10.6. The zero-order valence-corrected chi connectivity index (χ0v) is 23.9. The predicted molar refractivity (Wildman–Crippen MR) is 151 cm³/mol. The zero-order chi connectivity index (χ0) is 28.6. The summed E-state index contributed by atoms with van der Waals surface area (Å²) in [5, 5.41) is 25.6. The van der Waals surface area contributed by atoms with Crippen molar-refractivity contribution in [3.8, 4) is 0 Å². The van der Waals surface area contributed by atoms with Crippen LogP contribution in [0.4, 0.5) is 5.69 Å². The molecule has 2 N–H and O–H groups in total. The van der Waals surface area contributed by atoms with Crippen molar-refractivity contribution in [3.05, 3.63) is 70.3 Å². The first-order chi connectivity index (χ1) is 18.5. The van der Waals surface area contributed by atoms with Crippen molar-refractivity contribution in [2.24, 2.45) is 11.3 Å². The second kappa shape index (κ2) is 13.5. The second-order valence-corrected chi connectivity index (χ2v) is 12.9. The number of carbonyl (C=O) groups excluding carboxylic acids is 1. The van der Waals surface area contributed by atoms with Gasteiger partial charge in [-0.2, -0.15) is 4.31 Å². The summed E-state index contributed by atoms with van der Waals surface area (Å²) in [6.07, 6.45) is 4.57. The number of aliphatic hydroxyl groups is 1. The van der Waals surface area contributed by atoms with Gasteiger partial charge in [0.05, 0.1) is 22.0 Å². The summed E-state index contributed by atoms with van der Waals surface area (Å²) >= 11 is 0. The zero-order valence-electron chi connectivity index (χ0n) is 23.1. The van der Waals surface area contributed by atoms with Gasteiger partial charge >= 0.3 is 0 Å². The molecule has 39 heavy (non-hydrogen) atoms. The first-order valence-corrected chi connectivity index (χ1v) is 15.2. The molecule has 1 aliphatic rings. The lowest BCUT2D eigenvalue weighted by atomic mass is 9.71. The molecule has 0 aliphatic heterocycles. The molecular formula is C29H41N3O6S. The summed E-state index contributed by atoms with van der Waals surface area (Å²) in [5.74, 6) is -0.129. The van der Waals surface area contributed by atoms with Crippen molar-refractivity contribution < 1.29 is 23.2 Å². The van der Waals surface area contributed by atoms with Gasteiger partial charge in [-0.15, -0.1) is 0 Å². The standard InChI is InChI=1S/C29H41N3O6S/c1-4-29(17-9-6-10-18-29)28(34)30-26(19-23-11-7-5-8-12-23)27(33)21-31(20-22(2)3)39(37,38)25-15-13-24(14-16-25)32(35)36/h5,7-8,11-16,22,26-27,33H,4,6,9-10,17-21H2,1-3H3,(H,30,34). The normalized spacial score (nSPS) is 17.1. The third-order valence-corrected chi connectivity index (χ3v) is 9.54. The van der Waals surface area contributed by atoms with Gasteiger partial charge in [0.2, 0.25) is 15.9 Å². The van der Waals surface area contributed by atoms with Gasteiger partial charge in [0.1, 0.15) is 0 Å². The molecule has 214 valence electrons. The van der Waals surface area contributed by atoms with Crippen LogP contribution in [0.5, 0.6) is 0 Å². The number of amides is 1. The maximum absolute atomic E-state index is 13.6. The number of nitrogens with one attached hydrogen (secondary N) is 1. The largest absolute Gasteiger partial charge is 0.390 e. The van der Waals surface area contributed by atoms with Crippen molar-refractivity contribution in [3.63, 3.8) is 0 Å². The number of sulfonamides is 1. The number of nitro groups is 1. The van der Waals surface area contributed by atoms with Crippen LogP contribution >= 0.6 is 0 Å². The number of hydrogen-bond donors (Lipinski definition) is 2. The van der Waals surface area contributed by atoms with E-state index in [9.17, 15) is 28.4 Å². The van der Waals surface area contributed by atoms with Crippen LogP contribution in [0.15, 0.2) is 59.5 Å². The monoisotopic (exact) mass is 559 g/mol. The Hall–Kier alpha value is -2.82. The van der Waals surface area contributed by atoms with Crippen molar-refractivity contribution >= 4 is 21.6 Å². The maximum Gasteiger partial charge on any atom is 0.269 e. The van der Waals surface area contributed by atoms with Crippen molar-refractivity contribution in [1.82, 2.24) is 9.62 Å². The van der Waals surface area contributed by atoms with Gasteiger partial charge in [0.25, 0.3) is 5.69 Å². The fourth-order valence-electron chi connectivity index (χ4n) is 5.35. The highest BCUT2D eigenvalue weighted by Crippen LogP contribution is 2.39. The third kappa shape index (κ3) is 7.86. The Labute approximate surface area is 231 Å². The number of rotatable bonds is 13. The number of nitrogens with zero attached hydrogens (tertiary/aromatic N) is 2. The summed E-state index contributed by atoms with van der Waals surface area (Å²) in [6.45, 7) is 5.69. The fraction of sp³-hybridized carbons (Fsp3) is 0.552. The number of hydrogen-bond acceptors (Lipinski definition) is 6. The molecule has 2 aromatic rings. The van der Waals surface area contributed by atoms with E-state index in [4.69, 9.17) is 0 Å². The van der Waals surface area contributed by atoms with E-state index in [1.165, 1.54) is 16.4 Å². The Morgan fingerprint density at radius 1 is 1.05 bits per heavy atom. The van der Waals surface area contributed by atoms with Crippen molar-refractivity contribution in [1.29, 1.82) is 0 Å². The van der Waals surface area contributed by atoms with Gasteiger partial charge in [-0.05, 0) is 49.3 Å². The molecule has 10 heteroatoms. The van der Waals surface area contributed by atoms with E-state index in [0.717, 1.165) is 49.8 Å². The van der Waals surface area contributed by atoms with Crippen LogP contribution in [0.2, 0.25) is 0 Å². The molecule has 1 fully saturated rings. The fourth-order valence-corrected chi connectivity index (χ4v) is 6.97. The molecule has 1 saturated carbocycles. The topological polar surface area (TPSA) is 130 Å². The lowest BCUT2D eigenvalue weighted by Gasteiger charge is -2.38. The maximum atomic E-state index is 13.6. The minimum absolute atomic E-state index is 0.0437. The molecule has 0 radical (unpaired) electrons. The predicted octanol–water partition coefficient (Wildman–Crippen LogP) is 4.69. The molecule has 2 atom stereocenters. The molecule has 1 aliphatic carbocycles. The number of aliphatic hydroxyl groups excluding tert-OH is 1. The molecule has 0 heterocycles. The lowest BCUT2D eigenvalue weighted by Crippen LogP contribution is -2.54. The average molecular weight is 560 g/mol. The van der Waals surface area contributed by atoms with Gasteiger partial charge < -0.3 is 10.4 Å². The molecule has 0 bridgehead atoms. The van der Waals surface area contributed by atoms with Crippen LogP contribution in [-0.2, 0) is 21.2 Å². The van der Waals surface area contributed by atoms with Gasteiger partial charge in [0.15, 0.2) is 0 Å². The third-order valence-electron chi connectivity index (χ3n) is 7.69. The SMILES string of the molecule is CCC1(C(=O)NC(Cc2ccccc2)C(O)CN(CC(C)C)S(=O)(=O)c2ccc([N+](=O)[O-])cc2)CCCCC1. The molecule has 2 unspecified atom stereocenters. The summed E-state index contributed by atoms with van der Waals surface area (Å²) in [5.41, 5.74) is 0.238. The van der Waals surface area contributed by atoms with Crippen LogP contribution in [0, 0.1) is 21.4 Å². The first kappa shape index (κ1) is 30.7. The summed E-state index contributed by atoms with van der Waals surface area (Å²) in [6, 6.07) is 13.5. The number of nitro benzene ring substituents is 1. The molecule has 2 aromatic carbocycles. The molecule has 0 aromatic heterocycles. The summed E-state index contributed by atoms with van der Waals surface area (Å²) in [4.78, 5) is 24.0. The van der Waals surface area contributed by atoms with Gasteiger partial charge in [0, 0.05) is 30.6 Å². The first-order valence-electron chi connectivity index (χ1n) is 13.8. The quantitative estimate of drug-likeness (QED) is 0.271. The highest BCUT2D eigenvalue weighted by Gasteiger charge is 2.40. The van der Waals surface area contributed by atoms with Crippen LogP contribution in [0.3, 0.4) is 0 Å². The Morgan fingerprint density at radius 3 is 2.21 bits per heavy atom. The molecule has 3 rings (SSSR count). The number of benzene rings is 2. The van der Waals surface area contributed by atoms with Crippen molar-refractivity contribution in [2.45, 2.75) is 82.8 Å². The van der Waals surface area contributed by atoms with E-state index in [-0.39, 0.29) is 35.5 Å². The van der Waals surface area contributed by atoms with Crippen LogP contribution in [0.1, 0.15) is 64.9 Å². The molecule has 0 saturated heterocycles. The highest BCUT2D eigenvalue weighted by atomic mass is 32.2. The van der Waals surface area contributed by atoms with Crippen LogP contribution in [-0.4, -0.2) is 53.9 Å². The second-order valence-electron chi connectivity index (χ2n) is 11.0. The molecule has 0 spiro atoms. The van der Waals surface area contributed by atoms with E-state index in [0.29, 0.717) is 12.8 Å². The minimum Gasteiger partial charge on any atom is -0.390 e. The lowest BCUT2D eigenvalue weighted by molar-refractivity contribution is -0.384.